The molecule has 0 saturated heterocycles. The number of para-hydroxylation sites is 2. The summed E-state index contributed by atoms with van der Waals surface area (Å²) in [7, 11) is 0. The fraction of sp³-hybridized carbons (Fsp3) is 0.105. The van der Waals surface area contributed by atoms with Crippen LogP contribution in [-0.4, -0.2) is 20.0 Å². The number of nitrogens with zero attached hydrogens (tertiary/aromatic N) is 3. The maximum atomic E-state index is 5.77. The number of rotatable bonds is 4. The lowest BCUT2D eigenvalue weighted by Crippen LogP contribution is -2.25. The van der Waals surface area contributed by atoms with E-state index in [4.69, 9.17) is 12.2 Å². The van der Waals surface area contributed by atoms with E-state index in [1.54, 1.807) is 11.3 Å². The van der Waals surface area contributed by atoms with Gasteiger partial charge in [-0.1, -0.05) is 47.8 Å². The number of anilines is 1. The molecule has 0 spiro atoms. The van der Waals surface area contributed by atoms with Crippen molar-refractivity contribution in [3.8, 4) is 0 Å². The molecule has 0 aliphatic heterocycles. The van der Waals surface area contributed by atoms with Gasteiger partial charge in [-0.2, -0.15) is 0 Å². The van der Waals surface area contributed by atoms with Gasteiger partial charge in [0.25, 0.3) is 0 Å². The van der Waals surface area contributed by atoms with Crippen LogP contribution in [0.3, 0.4) is 0 Å². The van der Waals surface area contributed by atoms with Gasteiger partial charge in [0.05, 0.1) is 5.52 Å². The molecule has 1 unspecified atom stereocenters. The highest BCUT2D eigenvalue weighted by Crippen LogP contribution is 2.30. The molecular weight excluding hydrogens is 348 g/mol. The van der Waals surface area contributed by atoms with Crippen molar-refractivity contribution in [3.63, 3.8) is 0 Å². The molecule has 0 amide bonds. The van der Waals surface area contributed by atoms with Crippen LogP contribution in [0.2, 0.25) is 0 Å². The van der Waals surface area contributed by atoms with Gasteiger partial charge >= 0.3 is 0 Å². The molecule has 6 heteroatoms. The second-order valence-electron chi connectivity index (χ2n) is 5.73. The van der Waals surface area contributed by atoms with Crippen LogP contribution in [0.4, 0.5) is 5.69 Å². The van der Waals surface area contributed by atoms with Gasteiger partial charge < -0.3 is 5.32 Å². The van der Waals surface area contributed by atoms with Crippen molar-refractivity contribution in [2.75, 3.05) is 5.32 Å². The van der Waals surface area contributed by atoms with Crippen molar-refractivity contribution < 1.29 is 0 Å². The summed E-state index contributed by atoms with van der Waals surface area (Å²) in [5.41, 5.74) is 2.80. The third kappa shape index (κ3) is 3.18. The number of thiophene rings is 1. The standard InChI is InChI=1S/C19H16N4S2/c1-13-11-12-17(25-13)18(19(24)20-14-7-3-2-4-8-14)23-16-10-6-5-9-15(16)21-22-23/h2-12,18H,1H3,(H,20,24). The summed E-state index contributed by atoms with van der Waals surface area (Å²) in [5, 5.41) is 12.0. The third-order valence-corrected chi connectivity index (χ3v) is 5.32. The maximum absolute atomic E-state index is 5.77. The first kappa shape index (κ1) is 15.9. The van der Waals surface area contributed by atoms with Crippen LogP contribution in [0.1, 0.15) is 15.8 Å². The highest BCUT2D eigenvalue weighted by atomic mass is 32.1. The average molecular weight is 364 g/mol. The number of hydrogen-bond acceptors (Lipinski definition) is 4. The normalized spacial score (nSPS) is 12.2. The van der Waals surface area contributed by atoms with Gasteiger partial charge in [0.15, 0.2) is 0 Å². The minimum Gasteiger partial charge on any atom is -0.348 e. The number of benzene rings is 2. The number of nitrogens with one attached hydrogen (secondary N) is 1. The lowest BCUT2D eigenvalue weighted by Gasteiger charge is -2.19. The van der Waals surface area contributed by atoms with Crippen molar-refractivity contribution in [1.29, 1.82) is 0 Å². The number of hydrogen-bond donors (Lipinski definition) is 1. The maximum Gasteiger partial charge on any atom is 0.139 e. The molecule has 1 atom stereocenters. The van der Waals surface area contributed by atoms with Crippen LogP contribution in [0.15, 0.2) is 66.7 Å². The predicted octanol–water partition coefficient (Wildman–Crippen LogP) is 4.83. The molecule has 25 heavy (non-hydrogen) atoms. The van der Waals surface area contributed by atoms with Crippen LogP contribution in [0.5, 0.6) is 0 Å². The molecule has 1 N–H and O–H groups in total. The molecule has 4 aromatic rings. The van der Waals surface area contributed by atoms with Gasteiger partial charge in [-0.05, 0) is 43.3 Å². The zero-order valence-electron chi connectivity index (χ0n) is 13.6. The van der Waals surface area contributed by atoms with Gasteiger partial charge in [0, 0.05) is 15.4 Å². The third-order valence-electron chi connectivity index (χ3n) is 3.94. The molecule has 2 aromatic carbocycles. The molecule has 4 rings (SSSR count). The highest BCUT2D eigenvalue weighted by molar-refractivity contribution is 7.80. The Morgan fingerprint density at radius 2 is 1.80 bits per heavy atom. The van der Waals surface area contributed by atoms with E-state index in [-0.39, 0.29) is 6.04 Å². The Bertz CT molecular complexity index is 1020. The van der Waals surface area contributed by atoms with E-state index in [1.807, 2.05) is 59.3 Å². The summed E-state index contributed by atoms with van der Waals surface area (Å²) < 4.78 is 1.90. The minimum absolute atomic E-state index is 0.193. The Morgan fingerprint density at radius 1 is 1.04 bits per heavy atom. The molecule has 124 valence electrons. The molecule has 0 fully saturated rings. The van der Waals surface area contributed by atoms with Gasteiger partial charge in [-0.3, -0.25) is 0 Å². The molecule has 2 heterocycles. The van der Waals surface area contributed by atoms with Crippen LogP contribution >= 0.6 is 23.6 Å². The van der Waals surface area contributed by atoms with Crippen molar-refractivity contribution >= 4 is 45.3 Å². The Kier molecular flexibility index (Phi) is 4.29. The summed E-state index contributed by atoms with van der Waals surface area (Å²) in [4.78, 5) is 3.08. The van der Waals surface area contributed by atoms with Gasteiger partial charge in [-0.25, -0.2) is 4.68 Å². The average Bonchev–Trinajstić information content (AvgIpc) is 3.23. The predicted molar refractivity (Wildman–Crippen MR) is 107 cm³/mol. The van der Waals surface area contributed by atoms with Crippen molar-refractivity contribution in [3.05, 3.63) is 76.5 Å². The second-order valence-corrected chi connectivity index (χ2v) is 7.49. The first-order valence-electron chi connectivity index (χ1n) is 7.94. The smallest absolute Gasteiger partial charge is 0.139 e. The van der Waals surface area contributed by atoms with Crippen molar-refractivity contribution in [1.82, 2.24) is 15.0 Å². The summed E-state index contributed by atoms with van der Waals surface area (Å²) in [6.07, 6.45) is 0. The number of fused-ring (bicyclic) bond motifs is 1. The molecule has 0 radical (unpaired) electrons. The molecule has 0 bridgehead atoms. The summed E-state index contributed by atoms with van der Waals surface area (Å²) in [6.45, 7) is 2.10. The van der Waals surface area contributed by atoms with E-state index in [0.717, 1.165) is 21.6 Å². The number of thiocarbonyl (C=S) groups is 1. The first-order chi connectivity index (χ1) is 12.2. The molecular formula is C19H16N4S2. The number of aromatic nitrogens is 3. The molecule has 2 aromatic heterocycles. The zero-order valence-corrected chi connectivity index (χ0v) is 15.2. The van der Waals surface area contributed by atoms with E-state index < -0.39 is 0 Å². The fourth-order valence-electron chi connectivity index (χ4n) is 2.77. The Morgan fingerprint density at radius 3 is 2.56 bits per heavy atom. The van der Waals surface area contributed by atoms with Crippen LogP contribution in [0, 0.1) is 6.92 Å². The van der Waals surface area contributed by atoms with Gasteiger partial charge in [0.1, 0.15) is 16.5 Å². The monoisotopic (exact) mass is 364 g/mol. The minimum atomic E-state index is -0.193. The van der Waals surface area contributed by atoms with Crippen LogP contribution < -0.4 is 5.32 Å². The number of aryl methyl sites for hydroxylation is 1. The second kappa shape index (κ2) is 6.74. The SMILES string of the molecule is Cc1ccc(C(C(=S)Nc2ccccc2)n2nnc3ccccc32)s1. The fourth-order valence-corrected chi connectivity index (χ4v) is 4.16. The van der Waals surface area contributed by atoms with E-state index in [9.17, 15) is 0 Å². The molecule has 0 saturated carbocycles. The van der Waals surface area contributed by atoms with Crippen molar-refractivity contribution in [2.24, 2.45) is 0 Å². The Labute approximate surface area is 155 Å². The summed E-state index contributed by atoms with van der Waals surface area (Å²) in [6, 6.07) is 21.9. The van der Waals surface area contributed by atoms with E-state index in [2.05, 4.69) is 34.7 Å². The van der Waals surface area contributed by atoms with E-state index in [1.165, 1.54) is 4.88 Å². The van der Waals surface area contributed by atoms with E-state index in [0.29, 0.717) is 4.99 Å². The lowest BCUT2D eigenvalue weighted by atomic mass is 10.2. The molecule has 0 aliphatic carbocycles. The Balaban J connectivity index is 1.78. The largest absolute Gasteiger partial charge is 0.348 e. The van der Waals surface area contributed by atoms with Gasteiger partial charge in [0.2, 0.25) is 0 Å². The van der Waals surface area contributed by atoms with Gasteiger partial charge in [-0.15, -0.1) is 16.4 Å². The molecule has 4 nitrogen and oxygen atoms in total. The molecule has 0 aliphatic rings. The highest BCUT2D eigenvalue weighted by Gasteiger charge is 2.24. The van der Waals surface area contributed by atoms with Crippen LogP contribution in [-0.2, 0) is 0 Å². The lowest BCUT2D eigenvalue weighted by molar-refractivity contribution is 0.638. The Hall–Kier alpha value is -2.57. The summed E-state index contributed by atoms with van der Waals surface area (Å²) >= 11 is 7.49. The van der Waals surface area contributed by atoms with E-state index >= 15 is 0 Å². The van der Waals surface area contributed by atoms with Crippen molar-refractivity contribution in [2.45, 2.75) is 13.0 Å². The van der Waals surface area contributed by atoms with Crippen LogP contribution in [0.25, 0.3) is 11.0 Å². The zero-order chi connectivity index (χ0) is 17.2. The quantitative estimate of drug-likeness (QED) is 0.527. The topological polar surface area (TPSA) is 42.7 Å². The summed E-state index contributed by atoms with van der Waals surface area (Å²) in [5.74, 6) is 0. The first-order valence-corrected chi connectivity index (χ1v) is 9.17.